The number of rotatable bonds is 6. The van der Waals surface area contributed by atoms with Gasteiger partial charge in [0.05, 0.1) is 22.5 Å². The van der Waals surface area contributed by atoms with Crippen molar-refractivity contribution in [2.24, 2.45) is 11.1 Å². The number of halogens is 1. The standard InChI is InChI=1S/C33H31ClN4O4/c1-19-13-21(18-42-23-11-9-22(34)10-12-23)20(2)24(14-19)30-25(17-35)32(36)37(26-7-5-6-8-27(26)38(40)41)28-15-33(3,4)16-29(39)31(28)30/h5-14,30H,15-16,18,36H2,1-4H3. The molecule has 1 atom stereocenters. The lowest BCUT2D eigenvalue weighted by Crippen LogP contribution is -2.42. The smallest absolute Gasteiger partial charge is 0.293 e. The van der Waals surface area contributed by atoms with E-state index in [0.717, 1.165) is 22.3 Å². The quantitative estimate of drug-likeness (QED) is 0.237. The van der Waals surface area contributed by atoms with Gasteiger partial charge in [-0.25, -0.2) is 0 Å². The Kier molecular flexibility index (Phi) is 7.56. The van der Waals surface area contributed by atoms with Crippen molar-refractivity contribution in [3.63, 3.8) is 0 Å². The molecule has 9 heteroatoms. The van der Waals surface area contributed by atoms with Gasteiger partial charge in [0.15, 0.2) is 5.78 Å². The Hall–Kier alpha value is -4.61. The highest BCUT2D eigenvalue weighted by molar-refractivity contribution is 6.30. The van der Waals surface area contributed by atoms with Gasteiger partial charge in [-0.15, -0.1) is 0 Å². The third-order valence-electron chi connectivity index (χ3n) is 7.92. The molecule has 0 aromatic heterocycles. The van der Waals surface area contributed by atoms with Crippen LogP contribution in [-0.4, -0.2) is 10.7 Å². The average Bonchev–Trinajstić information content (AvgIpc) is 2.93. The van der Waals surface area contributed by atoms with Gasteiger partial charge in [-0.2, -0.15) is 5.26 Å². The maximum absolute atomic E-state index is 14.0. The third kappa shape index (κ3) is 5.24. The van der Waals surface area contributed by atoms with E-state index in [1.54, 1.807) is 47.4 Å². The Morgan fingerprint density at radius 1 is 1.14 bits per heavy atom. The summed E-state index contributed by atoms with van der Waals surface area (Å²) in [5.41, 5.74) is 11.1. The molecule has 1 heterocycles. The summed E-state index contributed by atoms with van der Waals surface area (Å²) in [5, 5.41) is 23.1. The first kappa shape index (κ1) is 28.9. The van der Waals surface area contributed by atoms with Crippen LogP contribution < -0.4 is 15.4 Å². The van der Waals surface area contributed by atoms with Crippen molar-refractivity contribution in [1.29, 1.82) is 5.26 Å². The van der Waals surface area contributed by atoms with Crippen LogP contribution in [0.25, 0.3) is 0 Å². The Morgan fingerprint density at radius 2 is 1.83 bits per heavy atom. The number of allylic oxidation sites excluding steroid dienone is 3. The van der Waals surface area contributed by atoms with E-state index in [2.05, 4.69) is 6.07 Å². The zero-order valence-electron chi connectivity index (χ0n) is 23.9. The zero-order chi connectivity index (χ0) is 30.3. The number of carbonyl (C=O) groups excluding carboxylic acids is 1. The lowest BCUT2D eigenvalue weighted by atomic mass is 9.68. The second-order valence-electron chi connectivity index (χ2n) is 11.6. The number of para-hydroxylation sites is 2. The third-order valence-corrected chi connectivity index (χ3v) is 8.17. The Labute approximate surface area is 249 Å². The highest BCUT2D eigenvalue weighted by atomic mass is 35.5. The number of aryl methyl sites for hydroxylation is 1. The van der Waals surface area contributed by atoms with Gasteiger partial charge in [0.1, 0.15) is 23.9 Å². The number of hydrogen-bond donors (Lipinski definition) is 1. The fourth-order valence-electron chi connectivity index (χ4n) is 6.01. The molecular formula is C33H31ClN4O4. The number of benzene rings is 3. The van der Waals surface area contributed by atoms with E-state index >= 15 is 0 Å². The number of Topliss-reactive ketones (excluding diaryl/α,β-unsaturated/α-hetero) is 1. The maximum atomic E-state index is 14.0. The molecular weight excluding hydrogens is 552 g/mol. The minimum atomic E-state index is -0.721. The van der Waals surface area contributed by atoms with Crippen molar-refractivity contribution in [1.82, 2.24) is 0 Å². The van der Waals surface area contributed by atoms with Crippen LogP contribution in [0.2, 0.25) is 5.02 Å². The summed E-state index contributed by atoms with van der Waals surface area (Å²) in [6.45, 7) is 8.16. The minimum Gasteiger partial charge on any atom is -0.489 e. The number of hydrogen-bond acceptors (Lipinski definition) is 7. The molecule has 0 saturated carbocycles. The van der Waals surface area contributed by atoms with E-state index in [1.165, 1.54) is 6.07 Å². The second kappa shape index (κ2) is 11.0. The molecule has 0 radical (unpaired) electrons. The molecule has 0 spiro atoms. The average molecular weight is 583 g/mol. The summed E-state index contributed by atoms with van der Waals surface area (Å²) in [6.07, 6.45) is 0.733. The van der Waals surface area contributed by atoms with Gasteiger partial charge in [0.25, 0.3) is 5.69 Å². The van der Waals surface area contributed by atoms with E-state index in [4.69, 9.17) is 22.1 Å². The van der Waals surface area contributed by atoms with Crippen LogP contribution in [0.15, 0.2) is 83.3 Å². The molecule has 3 aromatic rings. The number of nitro groups is 1. The van der Waals surface area contributed by atoms with Crippen molar-refractivity contribution >= 4 is 28.8 Å². The highest BCUT2D eigenvalue weighted by Gasteiger charge is 2.46. The van der Waals surface area contributed by atoms with E-state index < -0.39 is 16.3 Å². The molecule has 1 aliphatic carbocycles. The van der Waals surface area contributed by atoms with Crippen molar-refractivity contribution in [3.8, 4) is 11.8 Å². The molecule has 3 aromatic carbocycles. The normalized spacial score (nSPS) is 18.0. The first-order valence-corrected chi connectivity index (χ1v) is 14.0. The number of nitro benzene ring substituents is 1. The van der Waals surface area contributed by atoms with Gasteiger partial charge < -0.3 is 10.5 Å². The van der Waals surface area contributed by atoms with Crippen molar-refractivity contribution in [2.45, 2.75) is 53.1 Å². The molecule has 0 bridgehead atoms. The fourth-order valence-corrected chi connectivity index (χ4v) is 6.13. The molecule has 2 aliphatic rings. The van der Waals surface area contributed by atoms with Crippen LogP contribution in [0.4, 0.5) is 11.4 Å². The van der Waals surface area contributed by atoms with Crippen molar-refractivity contribution in [3.05, 3.63) is 121 Å². The van der Waals surface area contributed by atoms with E-state index in [1.807, 2.05) is 39.8 Å². The van der Waals surface area contributed by atoms with Crippen molar-refractivity contribution < 1.29 is 14.5 Å². The Morgan fingerprint density at radius 3 is 2.50 bits per heavy atom. The largest absolute Gasteiger partial charge is 0.489 e. The number of nitrogens with zero attached hydrogens (tertiary/aromatic N) is 3. The molecule has 214 valence electrons. The Balaban J connectivity index is 1.70. The van der Waals surface area contributed by atoms with Gasteiger partial charge in [-0.05, 0) is 72.7 Å². The monoisotopic (exact) mass is 582 g/mol. The molecule has 42 heavy (non-hydrogen) atoms. The van der Waals surface area contributed by atoms with E-state index in [9.17, 15) is 20.2 Å². The molecule has 1 aliphatic heterocycles. The topological polar surface area (TPSA) is 122 Å². The number of anilines is 1. The maximum Gasteiger partial charge on any atom is 0.293 e. The van der Waals surface area contributed by atoms with E-state index in [0.29, 0.717) is 28.5 Å². The van der Waals surface area contributed by atoms with Crippen LogP contribution >= 0.6 is 11.6 Å². The predicted molar refractivity (Wildman–Crippen MR) is 162 cm³/mol. The molecule has 2 N–H and O–H groups in total. The molecule has 0 saturated heterocycles. The molecule has 0 fully saturated rings. The highest BCUT2D eigenvalue weighted by Crippen LogP contribution is 2.52. The van der Waals surface area contributed by atoms with E-state index in [-0.39, 0.29) is 41.6 Å². The number of ketones is 1. The van der Waals surface area contributed by atoms with Gasteiger partial charge >= 0.3 is 0 Å². The fraction of sp³-hybridized carbons (Fsp3) is 0.273. The predicted octanol–water partition coefficient (Wildman–Crippen LogP) is 7.38. The summed E-state index contributed by atoms with van der Waals surface area (Å²) < 4.78 is 6.05. The van der Waals surface area contributed by atoms with Crippen LogP contribution in [0.3, 0.4) is 0 Å². The summed E-state index contributed by atoms with van der Waals surface area (Å²) >= 11 is 6.01. The lowest BCUT2D eigenvalue weighted by Gasteiger charge is -2.43. The number of ether oxygens (including phenoxy) is 1. The second-order valence-corrected chi connectivity index (χ2v) is 12.0. The van der Waals surface area contributed by atoms with Crippen molar-refractivity contribution in [2.75, 3.05) is 4.90 Å². The molecule has 0 amide bonds. The van der Waals surface area contributed by atoms with Crippen LogP contribution in [0.5, 0.6) is 5.75 Å². The van der Waals surface area contributed by atoms with Gasteiger partial charge in [-0.3, -0.25) is 19.8 Å². The summed E-state index contributed by atoms with van der Waals surface area (Å²) in [4.78, 5) is 27.1. The number of carbonyl (C=O) groups is 1. The lowest BCUT2D eigenvalue weighted by molar-refractivity contribution is -0.384. The summed E-state index contributed by atoms with van der Waals surface area (Å²) in [5.74, 6) is -0.0752. The minimum absolute atomic E-state index is 0.0842. The van der Waals surface area contributed by atoms with Gasteiger partial charge in [0, 0.05) is 28.8 Å². The van der Waals surface area contributed by atoms with Gasteiger partial charge in [-0.1, -0.05) is 55.3 Å². The summed E-state index contributed by atoms with van der Waals surface area (Å²) in [7, 11) is 0. The number of nitrogens with two attached hydrogens (primary N) is 1. The Bertz CT molecular complexity index is 1720. The van der Waals surface area contributed by atoms with Crippen LogP contribution in [-0.2, 0) is 11.4 Å². The van der Waals surface area contributed by atoms with Crippen LogP contribution in [0.1, 0.15) is 54.9 Å². The molecule has 1 unspecified atom stereocenters. The first-order valence-electron chi connectivity index (χ1n) is 13.6. The zero-order valence-corrected chi connectivity index (χ0v) is 24.7. The SMILES string of the molecule is Cc1cc(COc2ccc(Cl)cc2)c(C)c(C2C(C#N)=C(N)N(c3ccccc3[N+](=O)[O-])C3=C2C(=O)CC(C)(C)C3)c1. The summed E-state index contributed by atoms with van der Waals surface area (Å²) in [6, 6.07) is 19.6. The molecule has 5 rings (SSSR count). The number of nitriles is 1. The van der Waals surface area contributed by atoms with Crippen LogP contribution in [0, 0.1) is 40.7 Å². The first-order chi connectivity index (χ1) is 19.9. The van der Waals surface area contributed by atoms with Gasteiger partial charge in [0.2, 0.25) is 0 Å². The molecule has 8 nitrogen and oxygen atoms in total.